The number of carbonyl (C=O) groups excluding carboxylic acids is 2. The van der Waals surface area contributed by atoms with E-state index in [1.54, 1.807) is 0 Å². The number of nitrogens with zero attached hydrogens (tertiary/aromatic N) is 1. The number of rotatable bonds is 8. The van der Waals surface area contributed by atoms with Crippen molar-refractivity contribution in [3.8, 4) is 0 Å². The van der Waals surface area contributed by atoms with E-state index >= 15 is 0 Å². The van der Waals surface area contributed by atoms with Crippen LogP contribution in [-0.4, -0.2) is 29.6 Å². The van der Waals surface area contributed by atoms with Crippen LogP contribution >= 0.6 is 0 Å². The third-order valence-electron chi connectivity index (χ3n) is 3.70. The van der Waals surface area contributed by atoms with E-state index in [-0.39, 0.29) is 23.7 Å². The van der Waals surface area contributed by atoms with Crippen LogP contribution in [0.5, 0.6) is 0 Å². The van der Waals surface area contributed by atoms with Crippen molar-refractivity contribution >= 4 is 29.1 Å². The molecule has 2 aromatic rings. The maximum Gasteiger partial charge on any atom is 0.407 e. The van der Waals surface area contributed by atoms with Crippen molar-refractivity contribution in [1.29, 1.82) is 0 Å². The van der Waals surface area contributed by atoms with Crippen molar-refractivity contribution < 1.29 is 23.1 Å². The van der Waals surface area contributed by atoms with E-state index in [1.165, 1.54) is 37.4 Å². The van der Waals surface area contributed by atoms with Gasteiger partial charge < -0.3 is 20.7 Å². The number of aromatic nitrogens is 1. The Morgan fingerprint density at radius 2 is 2.04 bits per heavy atom. The summed E-state index contributed by atoms with van der Waals surface area (Å²) in [5.41, 5.74) is 0.356. The van der Waals surface area contributed by atoms with Crippen LogP contribution in [0.3, 0.4) is 0 Å². The Balaban J connectivity index is 2.06. The van der Waals surface area contributed by atoms with E-state index in [0.717, 1.165) is 12.6 Å². The van der Waals surface area contributed by atoms with Crippen molar-refractivity contribution in [3.63, 3.8) is 0 Å². The molecule has 0 fully saturated rings. The molecule has 28 heavy (non-hydrogen) atoms. The Hall–Kier alpha value is -3.23. The van der Waals surface area contributed by atoms with Crippen LogP contribution < -0.4 is 16.0 Å². The normalized spacial score (nSPS) is 11.4. The standard InChI is InChI=1S/C19H22F2N4O3/c1-3-4-8-28-19(27)23-12(2)18(26)25-17-15(21)6-5-7-16(17)24-14-9-13(20)10-22-11-14/h5-7,9-12,24H,3-4,8H2,1-2H3,(H,23,27)(H,25,26). The molecule has 1 atom stereocenters. The average molecular weight is 392 g/mol. The molecule has 1 unspecified atom stereocenters. The van der Waals surface area contributed by atoms with E-state index in [2.05, 4.69) is 20.9 Å². The summed E-state index contributed by atoms with van der Waals surface area (Å²) in [6.07, 6.45) is 3.25. The molecular weight excluding hydrogens is 370 g/mol. The lowest BCUT2D eigenvalue weighted by Gasteiger charge is -2.17. The van der Waals surface area contributed by atoms with Crippen LogP contribution in [-0.2, 0) is 9.53 Å². The van der Waals surface area contributed by atoms with E-state index < -0.39 is 29.7 Å². The molecule has 0 spiro atoms. The van der Waals surface area contributed by atoms with Crippen LogP contribution in [0.2, 0.25) is 0 Å². The van der Waals surface area contributed by atoms with Crippen molar-refractivity contribution in [2.45, 2.75) is 32.7 Å². The van der Waals surface area contributed by atoms with Crippen molar-refractivity contribution in [2.75, 3.05) is 17.2 Å². The highest BCUT2D eigenvalue weighted by Crippen LogP contribution is 2.28. The lowest BCUT2D eigenvalue weighted by molar-refractivity contribution is -0.117. The fraction of sp³-hybridized carbons (Fsp3) is 0.316. The predicted octanol–water partition coefficient (Wildman–Crippen LogP) is 3.96. The number of anilines is 3. The van der Waals surface area contributed by atoms with Crippen molar-refractivity contribution in [1.82, 2.24) is 10.3 Å². The van der Waals surface area contributed by atoms with Gasteiger partial charge in [-0.1, -0.05) is 19.4 Å². The largest absolute Gasteiger partial charge is 0.450 e. The molecule has 0 aliphatic rings. The molecule has 2 rings (SSSR count). The van der Waals surface area contributed by atoms with Crippen LogP contribution in [0, 0.1) is 11.6 Å². The fourth-order valence-electron chi connectivity index (χ4n) is 2.22. The van der Waals surface area contributed by atoms with Gasteiger partial charge in [0.05, 0.1) is 30.4 Å². The van der Waals surface area contributed by atoms with Crippen LogP contribution in [0.1, 0.15) is 26.7 Å². The Morgan fingerprint density at radius 3 is 2.75 bits per heavy atom. The predicted molar refractivity (Wildman–Crippen MR) is 101 cm³/mol. The van der Waals surface area contributed by atoms with Gasteiger partial charge in [-0.25, -0.2) is 13.6 Å². The minimum Gasteiger partial charge on any atom is -0.450 e. The first kappa shape index (κ1) is 21.1. The highest BCUT2D eigenvalue weighted by molar-refractivity contribution is 5.99. The SMILES string of the molecule is CCCCOC(=O)NC(C)C(=O)Nc1c(F)cccc1Nc1cncc(F)c1. The summed E-state index contributed by atoms with van der Waals surface area (Å²) in [7, 11) is 0. The molecule has 1 aromatic carbocycles. The van der Waals surface area contributed by atoms with Crippen LogP contribution in [0.25, 0.3) is 0 Å². The summed E-state index contributed by atoms with van der Waals surface area (Å²) in [4.78, 5) is 27.7. The molecule has 0 radical (unpaired) electrons. The molecule has 1 heterocycles. The molecule has 0 saturated carbocycles. The molecule has 0 saturated heterocycles. The highest BCUT2D eigenvalue weighted by Gasteiger charge is 2.19. The van der Waals surface area contributed by atoms with Crippen LogP contribution in [0.15, 0.2) is 36.7 Å². The van der Waals surface area contributed by atoms with E-state index in [0.29, 0.717) is 6.42 Å². The number of unbranched alkanes of at least 4 members (excludes halogenated alkanes) is 1. The number of nitrogens with one attached hydrogen (secondary N) is 3. The minimum atomic E-state index is -0.961. The zero-order valence-corrected chi connectivity index (χ0v) is 15.6. The second-order valence-electron chi connectivity index (χ2n) is 6.02. The summed E-state index contributed by atoms with van der Waals surface area (Å²) in [5.74, 6) is -1.90. The monoisotopic (exact) mass is 392 g/mol. The summed E-state index contributed by atoms with van der Waals surface area (Å²) in [6.45, 7) is 3.65. The number of hydrogen-bond acceptors (Lipinski definition) is 5. The molecule has 0 aliphatic carbocycles. The molecule has 3 N–H and O–H groups in total. The lowest BCUT2D eigenvalue weighted by atomic mass is 10.2. The number of benzene rings is 1. The van der Waals surface area contributed by atoms with Gasteiger partial charge in [0, 0.05) is 6.07 Å². The van der Waals surface area contributed by atoms with Gasteiger partial charge in [0.15, 0.2) is 0 Å². The quantitative estimate of drug-likeness (QED) is 0.592. The number of amides is 2. The zero-order chi connectivity index (χ0) is 20.5. The van der Waals surface area contributed by atoms with Gasteiger partial charge in [-0.3, -0.25) is 9.78 Å². The number of pyridine rings is 1. The van der Waals surface area contributed by atoms with Crippen molar-refractivity contribution in [2.24, 2.45) is 0 Å². The zero-order valence-electron chi connectivity index (χ0n) is 15.6. The number of para-hydroxylation sites is 1. The van der Waals surface area contributed by atoms with Gasteiger partial charge in [0.1, 0.15) is 23.4 Å². The number of halogens is 2. The Kier molecular flexibility index (Phi) is 7.67. The molecule has 150 valence electrons. The average Bonchev–Trinajstić information content (AvgIpc) is 2.64. The van der Waals surface area contributed by atoms with Gasteiger partial charge >= 0.3 is 6.09 Å². The van der Waals surface area contributed by atoms with Gasteiger partial charge in [-0.05, 0) is 25.5 Å². The third-order valence-corrected chi connectivity index (χ3v) is 3.70. The molecule has 0 aliphatic heterocycles. The Labute approximate surface area is 161 Å². The van der Waals surface area contributed by atoms with Gasteiger partial charge in [0.25, 0.3) is 0 Å². The molecule has 7 nitrogen and oxygen atoms in total. The molecule has 2 amide bonds. The molecule has 0 bridgehead atoms. The number of ether oxygens (including phenoxy) is 1. The second kappa shape index (κ2) is 10.2. The maximum atomic E-state index is 14.3. The van der Waals surface area contributed by atoms with E-state index in [9.17, 15) is 18.4 Å². The first-order chi connectivity index (χ1) is 13.4. The fourth-order valence-corrected chi connectivity index (χ4v) is 2.22. The third kappa shape index (κ3) is 6.19. The summed E-state index contributed by atoms with van der Waals surface area (Å²) >= 11 is 0. The highest BCUT2D eigenvalue weighted by atomic mass is 19.1. The summed E-state index contributed by atoms with van der Waals surface area (Å²) in [5, 5.41) is 7.61. The van der Waals surface area contributed by atoms with E-state index in [1.807, 2.05) is 6.92 Å². The lowest BCUT2D eigenvalue weighted by Crippen LogP contribution is -2.42. The molecule has 1 aromatic heterocycles. The topological polar surface area (TPSA) is 92.3 Å². The molecule has 9 heteroatoms. The van der Waals surface area contributed by atoms with E-state index in [4.69, 9.17) is 4.74 Å². The first-order valence-electron chi connectivity index (χ1n) is 8.81. The number of alkyl carbamates (subject to hydrolysis) is 1. The summed E-state index contributed by atoms with van der Waals surface area (Å²) < 4.78 is 32.5. The van der Waals surface area contributed by atoms with Gasteiger partial charge in [0.2, 0.25) is 5.91 Å². The summed E-state index contributed by atoms with van der Waals surface area (Å²) in [6, 6.07) is 4.34. The molecular formula is C19H22F2N4O3. The number of carbonyl (C=O) groups is 2. The number of hydrogen-bond donors (Lipinski definition) is 3. The Morgan fingerprint density at radius 1 is 1.25 bits per heavy atom. The van der Waals surface area contributed by atoms with Gasteiger partial charge in [-0.2, -0.15) is 0 Å². The smallest absolute Gasteiger partial charge is 0.407 e. The van der Waals surface area contributed by atoms with Crippen molar-refractivity contribution in [3.05, 3.63) is 48.3 Å². The maximum absolute atomic E-state index is 14.3. The minimum absolute atomic E-state index is 0.134. The first-order valence-corrected chi connectivity index (χ1v) is 8.81. The van der Waals surface area contributed by atoms with Gasteiger partial charge in [-0.15, -0.1) is 0 Å². The Bertz CT molecular complexity index is 833. The van der Waals surface area contributed by atoms with Crippen LogP contribution in [0.4, 0.5) is 30.6 Å². The second-order valence-corrected chi connectivity index (χ2v) is 6.02.